The standard InChI is InChI=1S/C15H9F3N2O2/c16-15(17,18)11-2-1-3-13(8-11)20-14(22)10-4-6-12(7-5-10)19-9-21/h1-8H,(H,20,22). The second-order valence-corrected chi connectivity index (χ2v) is 4.28. The first-order valence-electron chi connectivity index (χ1n) is 6.07. The number of isocyanates is 1. The van der Waals surface area contributed by atoms with Crippen molar-refractivity contribution in [2.45, 2.75) is 6.18 Å². The molecule has 0 heterocycles. The Morgan fingerprint density at radius 3 is 2.36 bits per heavy atom. The molecule has 7 heteroatoms. The van der Waals surface area contributed by atoms with E-state index in [2.05, 4.69) is 10.3 Å². The number of rotatable bonds is 3. The van der Waals surface area contributed by atoms with E-state index in [0.717, 1.165) is 12.1 Å². The fraction of sp³-hybridized carbons (Fsp3) is 0.0667. The molecule has 0 aliphatic carbocycles. The van der Waals surface area contributed by atoms with Crippen LogP contribution >= 0.6 is 0 Å². The van der Waals surface area contributed by atoms with Gasteiger partial charge in [-0.3, -0.25) is 4.79 Å². The monoisotopic (exact) mass is 306 g/mol. The molecule has 0 atom stereocenters. The summed E-state index contributed by atoms with van der Waals surface area (Å²) < 4.78 is 37.8. The lowest BCUT2D eigenvalue weighted by atomic mass is 10.1. The van der Waals surface area contributed by atoms with Crippen molar-refractivity contribution in [1.29, 1.82) is 0 Å². The van der Waals surface area contributed by atoms with Crippen molar-refractivity contribution < 1.29 is 22.8 Å². The van der Waals surface area contributed by atoms with E-state index in [-0.39, 0.29) is 11.3 Å². The normalized spacial score (nSPS) is 10.7. The second-order valence-electron chi connectivity index (χ2n) is 4.28. The summed E-state index contributed by atoms with van der Waals surface area (Å²) in [6.45, 7) is 0. The van der Waals surface area contributed by atoms with Crippen LogP contribution in [0.2, 0.25) is 0 Å². The summed E-state index contributed by atoms with van der Waals surface area (Å²) in [6.07, 6.45) is -3.12. The number of benzene rings is 2. The van der Waals surface area contributed by atoms with Crippen molar-refractivity contribution in [3.8, 4) is 0 Å². The highest BCUT2D eigenvalue weighted by atomic mass is 19.4. The van der Waals surface area contributed by atoms with Gasteiger partial charge in [-0.15, -0.1) is 0 Å². The Hall–Kier alpha value is -2.92. The van der Waals surface area contributed by atoms with Crippen LogP contribution in [0.1, 0.15) is 15.9 Å². The van der Waals surface area contributed by atoms with Gasteiger partial charge in [0.2, 0.25) is 6.08 Å². The highest BCUT2D eigenvalue weighted by Gasteiger charge is 2.30. The quantitative estimate of drug-likeness (QED) is 0.690. The van der Waals surface area contributed by atoms with Gasteiger partial charge in [-0.25, -0.2) is 4.79 Å². The van der Waals surface area contributed by atoms with Crippen LogP contribution in [0, 0.1) is 0 Å². The Kier molecular flexibility index (Phi) is 4.39. The summed E-state index contributed by atoms with van der Waals surface area (Å²) in [5, 5.41) is 2.38. The smallest absolute Gasteiger partial charge is 0.322 e. The highest BCUT2D eigenvalue weighted by molar-refractivity contribution is 6.04. The number of anilines is 1. The topological polar surface area (TPSA) is 58.5 Å². The molecule has 0 saturated carbocycles. The van der Waals surface area contributed by atoms with Crippen LogP contribution in [0.25, 0.3) is 0 Å². The summed E-state index contributed by atoms with van der Waals surface area (Å²) >= 11 is 0. The molecule has 0 unspecified atom stereocenters. The Morgan fingerprint density at radius 2 is 1.77 bits per heavy atom. The van der Waals surface area contributed by atoms with Gasteiger partial charge in [0.05, 0.1) is 11.3 Å². The predicted molar refractivity (Wildman–Crippen MR) is 73.6 cm³/mol. The summed E-state index contributed by atoms with van der Waals surface area (Å²) in [6, 6.07) is 9.99. The third-order valence-electron chi connectivity index (χ3n) is 2.75. The molecule has 22 heavy (non-hydrogen) atoms. The number of alkyl halides is 3. The van der Waals surface area contributed by atoms with Crippen LogP contribution in [-0.2, 0) is 11.0 Å². The lowest BCUT2D eigenvalue weighted by Crippen LogP contribution is -2.13. The highest BCUT2D eigenvalue weighted by Crippen LogP contribution is 2.30. The molecular weight excluding hydrogens is 297 g/mol. The Bertz CT molecular complexity index is 733. The van der Waals surface area contributed by atoms with Gasteiger partial charge in [-0.05, 0) is 42.5 Å². The molecule has 0 radical (unpaired) electrons. The van der Waals surface area contributed by atoms with Gasteiger partial charge < -0.3 is 5.32 Å². The lowest BCUT2D eigenvalue weighted by Gasteiger charge is -2.10. The number of aliphatic imine (C=N–C) groups is 1. The zero-order valence-electron chi connectivity index (χ0n) is 11.0. The molecule has 0 saturated heterocycles. The molecule has 1 amide bonds. The summed E-state index contributed by atoms with van der Waals surface area (Å²) in [7, 11) is 0. The van der Waals surface area contributed by atoms with E-state index in [1.165, 1.54) is 42.5 Å². The van der Waals surface area contributed by atoms with Crippen LogP contribution in [0.4, 0.5) is 24.5 Å². The molecule has 0 aliphatic rings. The minimum absolute atomic E-state index is 0.0369. The zero-order chi connectivity index (χ0) is 16.2. The van der Waals surface area contributed by atoms with Gasteiger partial charge in [0.1, 0.15) is 0 Å². The number of nitrogens with zero attached hydrogens (tertiary/aromatic N) is 1. The molecule has 0 bridgehead atoms. The summed E-state index contributed by atoms with van der Waals surface area (Å²) in [5.41, 5.74) is -0.260. The van der Waals surface area contributed by atoms with E-state index in [0.29, 0.717) is 5.69 Å². The van der Waals surface area contributed by atoms with Crippen molar-refractivity contribution >= 4 is 23.4 Å². The van der Waals surface area contributed by atoms with Crippen LogP contribution in [-0.4, -0.2) is 12.0 Å². The van der Waals surface area contributed by atoms with Crippen molar-refractivity contribution in [2.75, 3.05) is 5.32 Å². The number of carbonyl (C=O) groups excluding carboxylic acids is 2. The Morgan fingerprint density at radius 1 is 1.09 bits per heavy atom. The van der Waals surface area contributed by atoms with E-state index in [1.54, 1.807) is 0 Å². The first kappa shape index (κ1) is 15.5. The molecule has 0 spiro atoms. The third kappa shape index (κ3) is 3.80. The largest absolute Gasteiger partial charge is 0.416 e. The Balaban J connectivity index is 2.16. The van der Waals surface area contributed by atoms with Gasteiger partial charge in [-0.1, -0.05) is 6.07 Å². The van der Waals surface area contributed by atoms with Gasteiger partial charge in [-0.2, -0.15) is 18.2 Å². The maximum Gasteiger partial charge on any atom is 0.416 e. The minimum atomic E-state index is -4.48. The summed E-state index contributed by atoms with van der Waals surface area (Å²) in [5.74, 6) is -0.569. The predicted octanol–water partition coefficient (Wildman–Crippen LogP) is 3.93. The molecule has 4 nitrogen and oxygen atoms in total. The fourth-order valence-corrected chi connectivity index (χ4v) is 1.72. The molecule has 1 N–H and O–H groups in total. The average molecular weight is 306 g/mol. The lowest BCUT2D eigenvalue weighted by molar-refractivity contribution is -0.137. The first-order valence-corrected chi connectivity index (χ1v) is 6.07. The fourth-order valence-electron chi connectivity index (χ4n) is 1.72. The van der Waals surface area contributed by atoms with Crippen LogP contribution in [0.3, 0.4) is 0 Å². The molecule has 0 fully saturated rings. The van der Waals surface area contributed by atoms with Crippen molar-refractivity contribution in [3.05, 3.63) is 59.7 Å². The van der Waals surface area contributed by atoms with Crippen LogP contribution in [0.15, 0.2) is 53.5 Å². The molecule has 2 rings (SSSR count). The van der Waals surface area contributed by atoms with Gasteiger partial charge in [0.25, 0.3) is 5.91 Å². The number of carbonyl (C=O) groups is 1. The number of nitrogens with one attached hydrogen (secondary N) is 1. The molecule has 2 aromatic carbocycles. The molecule has 0 aliphatic heterocycles. The SMILES string of the molecule is O=C=Nc1ccc(C(=O)Nc2cccc(C(F)(F)F)c2)cc1. The van der Waals surface area contributed by atoms with E-state index in [4.69, 9.17) is 0 Å². The van der Waals surface area contributed by atoms with Gasteiger partial charge >= 0.3 is 6.18 Å². The number of amides is 1. The molecular formula is C15H9F3N2O2. The molecule has 112 valence electrons. The maximum atomic E-state index is 12.6. The maximum absolute atomic E-state index is 12.6. The number of halogens is 3. The second kappa shape index (κ2) is 6.24. The van der Waals surface area contributed by atoms with E-state index in [9.17, 15) is 22.8 Å². The van der Waals surface area contributed by atoms with E-state index in [1.807, 2.05) is 0 Å². The van der Waals surface area contributed by atoms with Crippen molar-refractivity contribution in [3.63, 3.8) is 0 Å². The molecule has 0 aromatic heterocycles. The number of hydrogen-bond donors (Lipinski definition) is 1. The average Bonchev–Trinajstić information content (AvgIpc) is 2.48. The Labute approximate surface area is 123 Å². The minimum Gasteiger partial charge on any atom is -0.322 e. The molecule has 2 aromatic rings. The number of hydrogen-bond acceptors (Lipinski definition) is 3. The first-order chi connectivity index (χ1) is 10.4. The summed E-state index contributed by atoms with van der Waals surface area (Å²) in [4.78, 5) is 25.4. The van der Waals surface area contributed by atoms with E-state index >= 15 is 0 Å². The van der Waals surface area contributed by atoms with Crippen molar-refractivity contribution in [1.82, 2.24) is 0 Å². The van der Waals surface area contributed by atoms with Crippen LogP contribution in [0.5, 0.6) is 0 Å². The zero-order valence-corrected chi connectivity index (χ0v) is 11.0. The van der Waals surface area contributed by atoms with Crippen LogP contribution < -0.4 is 5.32 Å². The van der Waals surface area contributed by atoms with Crippen molar-refractivity contribution in [2.24, 2.45) is 4.99 Å². The van der Waals surface area contributed by atoms with Gasteiger partial charge in [0.15, 0.2) is 0 Å². The third-order valence-corrected chi connectivity index (χ3v) is 2.75. The van der Waals surface area contributed by atoms with Gasteiger partial charge in [0, 0.05) is 11.3 Å². The van der Waals surface area contributed by atoms with E-state index < -0.39 is 17.6 Å².